The van der Waals surface area contributed by atoms with Crippen LogP contribution in [-0.2, 0) is 4.79 Å². The lowest BCUT2D eigenvalue weighted by atomic mass is 10.1. The number of rotatable bonds is 5. The zero-order valence-electron chi connectivity index (χ0n) is 10.9. The number of carbonyl (C=O) groups is 1. The summed E-state index contributed by atoms with van der Waals surface area (Å²) in [5.41, 5.74) is 6.89. The van der Waals surface area contributed by atoms with Gasteiger partial charge >= 0.3 is 0 Å². The van der Waals surface area contributed by atoms with Gasteiger partial charge in [0.15, 0.2) is 0 Å². The number of benzene rings is 1. The molecule has 94 valence electrons. The summed E-state index contributed by atoms with van der Waals surface area (Å²) in [7, 11) is 0. The first-order valence-corrected chi connectivity index (χ1v) is 6.19. The van der Waals surface area contributed by atoms with Crippen LogP contribution in [0.2, 0.25) is 0 Å². The second kappa shape index (κ2) is 6.40. The van der Waals surface area contributed by atoms with Crippen molar-refractivity contribution >= 4 is 5.91 Å². The molecule has 1 rings (SSSR count). The summed E-state index contributed by atoms with van der Waals surface area (Å²) in [5.74, 6) is 0.00745. The molecule has 0 heterocycles. The topological polar surface area (TPSA) is 46.3 Å². The molecular weight excluding hydrogens is 212 g/mol. The lowest BCUT2D eigenvalue weighted by Crippen LogP contribution is -2.43. The lowest BCUT2D eigenvalue weighted by Gasteiger charge is -2.29. The Morgan fingerprint density at radius 3 is 2.35 bits per heavy atom. The largest absolute Gasteiger partial charge is 0.339 e. The Morgan fingerprint density at radius 2 is 1.88 bits per heavy atom. The van der Waals surface area contributed by atoms with Gasteiger partial charge in [-0.3, -0.25) is 4.79 Å². The summed E-state index contributed by atoms with van der Waals surface area (Å²) in [6, 6.07) is 9.17. The Hall–Kier alpha value is -1.35. The first-order chi connectivity index (χ1) is 8.07. The first-order valence-electron chi connectivity index (χ1n) is 6.19. The molecule has 1 atom stereocenters. The van der Waals surface area contributed by atoms with Crippen LogP contribution < -0.4 is 5.73 Å². The number of nitrogens with zero attached hydrogens (tertiary/aromatic N) is 1. The third-order valence-corrected chi connectivity index (χ3v) is 2.80. The quantitative estimate of drug-likeness (QED) is 0.850. The van der Waals surface area contributed by atoms with Crippen LogP contribution in [0.5, 0.6) is 0 Å². The molecule has 0 aliphatic carbocycles. The maximum atomic E-state index is 12.3. The van der Waals surface area contributed by atoms with Gasteiger partial charge in [0.2, 0.25) is 5.91 Å². The van der Waals surface area contributed by atoms with Crippen molar-refractivity contribution in [3.8, 4) is 0 Å². The van der Waals surface area contributed by atoms with Crippen molar-refractivity contribution in [3.05, 3.63) is 35.9 Å². The third kappa shape index (κ3) is 3.56. The summed E-state index contributed by atoms with van der Waals surface area (Å²) in [5, 5.41) is 0. The fourth-order valence-electron chi connectivity index (χ4n) is 1.85. The highest BCUT2D eigenvalue weighted by Gasteiger charge is 2.23. The standard InChI is InChI=1S/C14H22N2O/c1-4-10-16(11(2)3)14(17)13(15)12-8-6-5-7-9-12/h5-9,11,13H,4,10,15H2,1-3H3. The number of hydrogen-bond donors (Lipinski definition) is 1. The summed E-state index contributed by atoms with van der Waals surface area (Å²) in [4.78, 5) is 14.1. The first kappa shape index (κ1) is 13.7. The maximum absolute atomic E-state index is 12.3. The van der Waals surface area contributed by atoms with E-state index in [-0.39, 0.29) is 11.9 Å². The Bertz CT molecular complexity index is 348. The van der Waals surface area contributed by atoms with Crippen LogP contribution >= 0.6 is 0 Å². The van der Waals surface area contributed by atoms with E-state index >= 15 is 0 Å². The highest BCUT2D eigenvalue weighted by atomic mass is 16.2. The molecule has 3 nitrogen and oxygen atoms in total. The van der Waals surface area contributed by atoms with Crippen molar-refractivity contribution in [2.75, 3.05) is 6.54 Å². The zero-order valence-corrected chi connectivity index (χ0v) is 10.9. The van der Waals surface area contributed by atoms with E-state index in [0.717, 1.165) is 18.5 Å². The van der Waals surface area contributed by atoms with Crippen molar-refractivity contribution in [1.29, 1.82) is 0 Å². The zero-order chi connectivity index (χ0) is 12.8. The number of nitrogens with two attached hydrogens (primary N) is 1. The van der Waals surface area contributed by atoms with Gasteiger partial charge in [-0.25, -0.2) is 0 Å². The van der Waals surface area contributed by atoms with Gasteiger partial charge in [0.1, 0.15) is 6.04 Å². The molecule has 0 saturated heterocycles. The predicted molar refractivity (Wildman–Crippen MR) is 70.5 cm³/mol. The van der Waals surface area contributed by atoms with E-state index in [1.54, 1.807) is 0 Å². The summed E-state index contributed by atoms with van der Waals surface area (Å²) < 4.78 is 0. The molecule has 2 N–H and O–H groups in total. The van der Waals surface area contributed by atoms with Gasteiger partial charge in [0.25, 0.3) is 0 Å². The molecule has 1 unspecified atom stereocenters. The van der Waals surface area contributed by atoms with Crippen molar-refractivity contribution < 1.29 is 4.79 Å². The molecule has 0 saturated carbocycles. The fourth-order valence-corrected chi connectivity index (χ4v) is 1.85. The molecule has 0 aliphatic rings. The maximum Gasteiger partial charge on any atom is 0.244 e. The minimum atomic E-state index is -0.551. The SMILES string of the molecule is CCCN(C(=O)C(N)c1ccccc1)C(C)C. The average Bonchev–Trinajstić information content (AvgIpc) is 2.35. The summed E-state index contributed by atoms with van der Waals surface area (Å²) in [6.45, 7) is 6.87. The Labute approximate surface area is 104 Å². The molecule has 0 spiro atoms. The van der Waals surface area contributed by atoms with E-state index in [9.17, 15) is 4.79 Å². The Kier molecular flexibility index (Phi) is 5.16. The Morgan fingerprint density at radius 1 is 1.29 bits per heavy atom. The number of hydrogen-bond acceptors (Lipinski definition) is 2. The van der Waals surface area contributed by atoms with Crippen LogP contribution in [-0.4, -0.2) is 23.4 Å². The van der Waals surface area contributed by atoms with Gasteiger partial charge in [0, 0.05) is 12.6 Å². The second-order valence-electron chi connectivity index (χ2n) is 4.51. The van der Waals surface area contributed by atoms with Crippen LogP contribution in [0.15, 0.2) is 30.3 Å². The van der Waals surface area contributed by atoms with Crippen molar-refractivity contribution in [2.24, 2.45) is 5.73 Å². The van der Waals surface area contributed by atoms with E-state index in [1.807, 2.05) is 49.1 Å². The molecule has 1 aromatic rings. The number of carbonyl (C=O) groups excluding carboxylic acids is 1. The van der Waals surface area contributed by atoms with E-state index in [0.29, 0.717) is 0 Å². The van der Waals surface area contributed by atoms with E-state index < -0.39 is 6.04 Å². The van der Waals surface area contributed by atoms with Crippen LogP contribution in [0.3, 0.4) is 0 Å². The van der Waals surface area contributed by atoms with E-state index in [1.165, 1.54) is 0 Å². The number of amides is 1. The van der Waals surface area contributed by atoms with Crippen molar-refractivity contribution in [1.82, 2.24) is 4.90 Å². The van der Waals surface area contributed by atoms with Crippen LogP contribution in [0.25, 0.3) is 0 Å². The van der Waals surface area contributed by atoms with Crippen molar-refractivity contribution in [3.63, 3.8) is 0 Å². The molecule has 0 aliphatic heterocycles. The monoisotopic (exact) mass is 234 g/mol. The van der Waals surface area contributed by atoms with Crippen molar-refractivity contribution in [2.45, 2.75) is 39.3 Å². The summed E-state index contributed by atoms with van der Waals surface area (Å²) in [6.07, 6.45) is 0.950. The molecular formula is C14H22N2O. The smallest absolute Gasteiger partial charge is 0.244 e. The molecule has 0 bridgehead atoms. The summed E-state index contributed by atoms with van der Waals surface area (Å²) >= 11 is 0. The van der Waals surface area contributed by atoms with E-state index in [2.05, 4.69) is 6.92 Å². The molecule has 17 heavy (non-hydrogen) atoms. The van der Waals surface area contributed by atoms with Gasteiger partial charge in [-0.05, 0) is 25.8 Å². The van der Waals surface area contributed by atoms with Crippen LogP contribution in [0, 0.1) is 0 Å². The van der Waals surface area contributed by atoms with Crippen LogP contribution in [0.1, 0.15) is 38.8 Å². The molecule has 3 heteroatoms. The van der Waals surface area contributed by atoms with Gasteiger partial charge in [0.05, 0.1) is 0 Å². The molecule has 1 aromatic carbocycles. The van der Waals surface area contributed by atoms with Crippen LogP contribution in [0.4, 0.5) is 0 Å². The predicted octanol–water partition coefficient (Wildman–Crippen LogP) is 2.33. The minimum absolute atomic E-state index is 0.00745. The molecule has 0 fully saturated rings. The highest BCUT2D eigenvalue weighted by Crippen LogP contribution is 2.14. The van der Waals surface area contributed by atoms with Gasteiger partial charge in [-0.1, -0.05) is 37.3 Å². The van der Waals surface area contributed by atoms with E-state index in [4.69, 9.17) is 5.73 Å². The molecule has 0 aromatic heterocycles. The average molecular weight is 234 g/mol. The second-order valence-corrected chi connectivity index (χ2v) is 4.51. The lowest BCUT2D eigenvalue weighted by molar-refractivity contribution is -0.134. The molecule has 1 amide bonds. The fraction of sp³-hybridized carbons (Fsp3) is 0.500. The van der Waals surface area contributed by atoms with Gasteiger partial charge in [-0.15, -0.1) is 0 Å². The normalized spacial score (nSPS) is 12.5. The third-order valence-electron chi connectivity index (χ3n) is 2.80. The minimum Gasteiger partial charge on any atom is -0.339 e. The van der Waals surface area contributed by atoms with Gasteiger partial charge in [-0.2, -0.15) is 0 Å². The van der Waals surface area contributed by atoms with Gasteiger partial charge < -0.3 is 10.6 Å². The highest BCUT2D eigenvalue weighted by molar-refractivity contribution is 5.83. The molecule has 0 radical (unpaired) electrons. The Balaban J connectivity index is 2.80.